The van der Waals surface area contributed by atoms with Crippen molar-refractivity contribution >= 4 is 0 Å². The van der Waals surface area contributed by atoms with Gasteiger partial charge in [0.15, 0.2) is 0 Å². The maximum atomic E-state index is 8.87. The number of imidazole rings is 1. The number of hydrogen-bond acceptors (Lipinski definition) is 2. The summed E-state index contributed by atoms with van der Waals surface area (Å²) in [6.45, 7) is 1.10. The van der Waals surface area contributed by atoms with Crippen LogP contribution >= 0.6 is 0 Å². The van der Waals surface area contributed by atoms with Crippen LogP contribution in [0, 0.1) is 40.9 Å². The molecule has 4 fully saturated rings. The summed E-state index contributed by atoms with van der Waals surface area (Å²) in [5.41, 5.74) is 0. The Morgan fingerprint density at radius 2 is 1.84 bits per heavy atom. The Morgan fingerprint density at radius 3 is 2.47 bits per heavy atom. The third-order valence-electron chi connectivity index (χ3n) is 5.87. The van der Waals surface area contributed by atoms with Gasteiger partial charge >= 0.3 is 0 Å². The second-order valence-electron chi connectivity index (χ2n) is 6.93. The summed E-state index contributed by atoms with van der Waals surface area (Å²) in [5, 5.41) is 8.87. The Morgan fingerprint density at radius 1 is 1.16 bits per heavy atom. The predicted octanol–water partition coefficient (Wildman–Crippen LogP) is 3.02. The van der Waals surface area contributed by atoms with Crippen molar-refractivity contribution in [1.82, 2.24) is 9.55 Å². The molecule has 3 heteroatoms. The van der Waals surface area contributed by atoms with E-state index in [0.717, 1.165) is 42.0 Å². The van der Waals surface area contributed by atoms with Crippen LogP contribution in [0.25, 0.3) is 0 Å². The molecule has 0 spiro atoms. The zero-order valence-electron chi connectivity index (χ0n) is 11.3. The molecule has 0 unspecified atom stereocenters. The van der Waals surface area contributed by atoms with E-state index in [4.69, 9.17) is 5.26 Å². The normalized spacial score (nSPS) is 39.4. The molecule has 0 N–H and O–H groups in total. The SMILES string of the molecule is N#CCc1nccn1CC1C2CC3CC(C2)CC1C3. The summed E-state index contributed by atoms with van der Waals surface area (Å²) in [7, 11) is 0. The van der Waals surface area contributed by atoms with Gasteiger partial charge in [-0.25, -0.2) is 4.98 Å². The highest BCUT2D eigenvalue weighted by atomic mass is 15.1. The Kier molecular flexibility index (Phi) is 2.65. The van der Waals surface area contributed by atoms with Crippen LogP contribution in [0.5, 0.6) is 0 Å². The van der Waals surface area contributed by atoms with Crippen LogP contribution < -0.4 is 0 Å². The Balaban J connectivity index is 1.54. The molecule has 4 aliphatic rings. The fraction of sp³-hybridized carbons (Fsp3) is 0.750. The van der Waals surface area contributed by atoms with Crippen LogP contribution in [-0.2, 0) is 13.0 Å². The average molecular weight is 255 g/mol. The van der Waals surface area contributed by atoms with Crippen LogP contribution in [0.4, 0.5) is 0 Å². The van der Waals surface area contributed by atoms with Crippen molar-refractivity contribution in [3.63, 3.8) is 0 Å². The molecule has 4 aliphatic carbocycles. The number of nitrogens with zero attached hydrogens (tertiary/aromatic N) is 3. The first-order valence-electron chi connectivity index (χ1n) is 7.70. The molecule has 1 aromatic rings. The summed E-state index contributed by atoms with van der Waals surface area (Å²) in [4.78, 5) is 4.33. The lowest BCUT2D eigenvalue weighted by Gasteiger charge is -2.54. The highest BCUT2D eigenvalue weighted by molar-refractivity contribution is 5.02. The van der Waals surface area contributed by atoms with Crippen molar-refractivity contribution in [3.8, 4) is 6.07 Å². The molecule has 0 aliphatic heterocycles. The molecule has 100 valence electrons. The molecule has 3 nitrogen and oxygen atoms in total. The molecule has 1 aromatic heterocycles. The third-order valence-corrected chi connectivity index (χ3v) is 5.87. The molecular formula is C16H21N3. The van der Waals surface area contributed by atoms with Gasteiger partial charge in [-0.1, -0.05) is 0 Å². The summed E-state index contributed by atoms with van der Waals surface area (Å²) < 4.78 is 2.25. The van der Waals surface area contributed by atoms with Gasteiger partial charge in [-0.3, -0.25) is 0 Å². The van der Waals surface area contributed by atoms with Gasteiger partial charge in [0.1, 0.15) is 5.82 Å². The van der Waals surface area contributed by atoms with Crippen LogP contribution in [0.3, 0.4) is 0 Å². The molecule has 4 saturated carbocycles. The maximum Gasteiger partial charge on any atom is 0.122 e. The van der Waals surface area contributed by atoms with Gasteiger partial charge in [-0.05, 0) is 61.7 Å². The molecule has 0 amide bonds. The van der Waals surface area contributed by atoms with Gasteiger partial charge in [0.25, 0.3) is 0 Å². The molecule has 0 radical (unpaired) electrons. The van der Waals surface area contributed by atoms with E-state index in [1.807, 2.05) is 6.20 Å². The number of rotatable bonds is 3. The van der Waals surface area contributed by atoms with Crippen molar-refractivity contribution in [2.24, 2.45) is 29.6 Å². The second kappa shape index (κ2) is 4.37. The fourth-order valence-corrected chi connectivity index (χ4v) is 5.31. The summed E-state index contributed by atoms with van der Waals surface area (Å²) in [6, 6.07) is 2.23. The van der Waals surface area contributed by atoms with Crippen molar-refractivity contribution in [3.05, 3.63) is 18.2 Å². The van der Waals surface area contributed by atoms with Crippen LogP contribution in [0.1, 0.15) is 37.9 Å². The van der Waals surface area contributed by atoms with Crippen LogP contribution in [0.2, 0.25) is 0 Å². The van der Waals surface area contributed by atoms with Crippen LogP contribution in [0.15, 0.2) is 12.4 Å². The topological polar surface area (TPSA) is 41.6 Å². The van der Waals surface area contributed by atoms with Gasteiger partial charge in [0, 0.05) is 18.9 Å². The first-order valence-corrected chi connectivity index (χ1v) is 7.70. The van der Waals surface area contributed by atoms with E-state index >= 15 is 0 Å². The first kappa shape index (κ1) is 11.5. The molecule has 0 atom stereocenters. The molecule has 0 aromatic carbocycles. The number of hydrogen-bond donors (Lipinski definition) is 0. The Labute approximate surface area is 114 Å². The van der Waals surface area contributed by atoms with Gasteiger partial charge in [0.05, 0.1) is 12.5 Å². The zero-order valence-corrected chi connectivity index (χ0v) is 11.3. The fourth-order valence-electron chi connectivity index (χ4n) is 5.31. The van der Waals surface area contributed by atoms with E-state index in [-0.39, 0.29) is 0 Å². The third kappa shape index (κ3) is 1.89. The van der Waals surface area contributed by atoms with Crippen molar-refractivity contribution in [2.75, 3.05) is 0 Å². The van der Waals surface area contributed by atoms with E-state index in [1.54, 1.807) is 0 Å². The predicted molar refractivity (Wildman–Crippen MR) is 72.1 cm³/mol. The maximum absolute atomic E-state index is 8.87. The molecular weight excluding hydrogens is 234 g/mol. The molecule has 4 bridgehead atoms. The average Bonchev–Trinajstić information content (AvgIpc) is 2.81. The summed E-state index contributed by atoms with van der Waals surface area (Å²) >= 11 is 0. The second-order valence-corrected chi connectivity index (χ2v) is 6.93. The standard InChI is InChI=1S/C16H21N3/c17-2-1-16-18-3-4-19(16)10-15-13-6-11-5-12(8-13)9-14(15)7-11/h3-4,11-15H,1,5-10H2. The van der Waals surface area contributed by atoms with Gasteiger partial charge in [-0.2, -0.15) is 5.26 Å². The lowest BCUT2D eigenvalue weighted by Crippen LogP contribution is -2.46. The van der Waals surface area contributed by atoms with Gasteiger partial charge in [-0.15, -0.1) is 0 Å². The summed E-state index contributed by atoms with van der Waals surface area (Å²) in [5.74, 6) is 5.79. The highest BCUT2D eigenvalue weighted by Gasteiger charge is 2.48. The first-order chi connectivity index (χ1) is 9.33. The van der Waals surface area contributed by atoms with Crippen molar-refractivity contribution in [2.45, 2.75) is 45.1 Å². The minimum atomic E-state index is 0.445. The lowest BCUT2D eigenvalue weighted by atomic mass is 9.52. The number of nitriles is 1. The van der Waals surface area contributed by atoms with Gasteiger partial charge < -0.3 is 4.57 Å². The summed E-state index contributed by atoms with van der Waals surface area (Å²) in [6.07, 6.45) is 11.8. The molecule has 19 heavy (non-hydrogen) atoms. The minimum absolute atomic E-state index is 0.445. The molecule has 5 rings (SSSR count). The quantitative estimate of drug-likeness (QED) is 0.833. The Bertz CT molecular complexity index is 482. The van der Waals surface area contributed by atoms with Crippen molar-refractivity contribution < 1.29 is 0 Å². The van der Waals surface area contributed by atoms with Gasteiger partial charge in [0.2, 0.25) is 0 Å². The molecule has 1 heterocycles. The monoisotopic (exact) mass is 255 g/mol. The van der Waals surface area contributed by atoms with E-state index < -0.39 is 0 Å². The number of aromatic nitrogens is 2. The minimum Gasteiger partial charge on any atom is -0.334 e. The van der Waals surface area contributed by atoms with Crippen LogP contribution in [-0.4, -0.2) is 9.55 Å². The van der Waals surface area contributed by atoms with Crippen molar-refractivity contribution in [1.29, 1.82) is 5.26 Å². The Hall–Kier alpha value is -1.30. The van der Waals surface area contributed by atoms with E-state index in [9.17, 15) is 0 Å². The highest BCUT2D eigenvalue weighted by Crippen LogP contribution is 2.56. The zero-order chi connectivity index (χ0) is 12.8. The lowest BCUT2D eigenvalue weighted by molar-refractivity contribution is -0.0432. The smallest absolute Gasteiger partial charge is 0.122 e. The van der Waals surface area contributed by atoms with E-state index in [1.165, 1.54) is 32.1 Å². The van der Waals surface area contributed by atoms with E-state index in [2.05, 4.69) is 21.8 Å². The van der Waals surface area contributed by atoms with E-state index in [0.29, 0.717) is 6.42 Å². The molecule has 0 saturated heterocycles. The largest absolute Gasteiger partial charge is 0.334 e.